The van der Waals surface area contributed by atoms with Crippen molar-refractivity contribution in [2.24, 2.45) is 0 Å². The number of hydrogen-bond donors (Lipinski definition) is 1. The molecule has 1 heterocycles. The summed E-state index contributed by atoms with van der Waals surface area (Å²) in [5.41, 5.74) is 1.86. The molecule has 3 rings (SSSR count). The standard InChI is InChI=1S/C19H19Cl2FN2O/c1-24(19(25)8-12-2-5-14(22)6-3-12)18-11-23-10-15(18)13-4-7-16(20)17(21)9-13/h2-7,9,15,18,23H,8,10-11H2,1H3. The zero-order valence-corrected chi connectivity index (χ0v) is 15.3. The number of benzene rings is 2. The van der Waals surface area contributed by atoms with Crippen LogP contribution in [0.5, 0.6) is 0 Å². The third kappa shape index (κ3) is 4.14. The molecule has 2 atom stereocenters. The van der Waals surface area contributed by atoms with Gasteiger partial charge in [-0.15, -0.1) is 0 Å². The van der Waals surface area contributed by atoms with Crippen LogP contribution in [0.4, 0.5) is 4.39 Å². The van der Waals surface area contributed by atoms with Crippen LogP contribution >= 0.6 is 23.2 Å². The minimum absolute atomic E-state index is 0.00497. The largest absolute Gasteiger partial charge is 0.341 e. The van der Waals surface area contributed by atoms with Gasteiger partial charge < -0.3 is 10.2 Å². The third-order valence-corrected chi connectivity index (χ3v) is 5.45. The molecule has 6 heteroatoms. The van der Waals surface area contributed by atoms with Gasteiger partial charge in [0.25, 0.3) is 0 Å². The van der Waals surface area contributed by atoms with Crippen LogP contribution in [0, 0.1) is 5.82 Å². The lowest BCUT2D eigenvalue weighted by Crippen LogP contribution is -2.42. The van der Waals surface area contributed by atoms with Gasteiger partial charge in [0.2, 0.25) is 5.91 Å². The molecule has 3 nitrogen and oxygen atoms in total. The summed E-state index contributed by atoms with van der Waals surface area (Å²) in [4.78, 5) is 14.4. The number of carbonyl (C=O) groups excluding carboxylic acids is 1. The molecule has 0 bridgehead atoms. The van der Waals surface area contributed by atoms with Gasteiger partial charge in [-0.25, -0.2) is 4.39 Å². The summed E-state index contributed by atoms with van der Waals surface area (Å²) in [6, 6.07) is 11.7. The smallest absolute Gasteiger partial charge is 0.227 e. The molecule has 2 aromatic carbocycles. The van der Waals surface area contributed by atoms with Crippen molar-refractivity contribution in [3.05, 3.63) is 69.5 Å². The van der Waals surface area contributed by atoms with E-state index < -0.39 is 0 Å². The van der Waals surface area contributed by atoms with Crippen molar-refractivity contribution in [3.8, 4) is 0 Å². The molecule has 1 fully saturated rings. The van der Waals surface area contributed by atoms with Crippen molar-refractivity contribution in [3.63, 3.8) is 0 Å². The van der Waals surface area contributed by atoms with Gasteiger partial charge in [0, 0.05) is 26.1 Å². The molecule has 0 radical (unpaired) electrons. The summed E-state index contributed by atoms with van der Waals surface area (Å²) in [7, 11) is 1.81. The van der Waals surface area contributed by atoms with Gasteiger partial charge in [0.1, 0.15) is 5.82 Å². The van der Waals surface area contributed by atoms with Crippen molar-refractivity contribution in [2.75, 3.05) is 20.1 Å². The molecule has 1 N–H and O–H groups in total. The summed E-state index contributed by atoms with van der Waals surface area (Å²) < 4.78 is 13.0. The maximum Gasteiger partial charge on any atom is 0.227 e. The molecule has 1 saturated heterocycles. The highest BCUT2D eigenvalue weighted by molar-refractivity contribution is 6.42. The first kappa shape index (κ1) is 18.2. The number of amides is 1. The number of nitrogens with zero attached hydrogens (tertiary/aromatic N) is 1. The van der Waals surface area contributed by atoms with Crippen molar-refractivity contribution < 1.29 is 9.18 Å². The van der Waals surface area contributed by atoms with Crippen molar-refractivity contribution in [1.29, 1.82) is 0 Å². The van der Waals surface area contributed by atoms with E-state index in [9.17, 15) is 9.18 Å². The van der Waals surface area contributed by atoms with Crippen molar-refractivity contribution in [1.82, 2.24) is 10.2 Å². The highest BCUT2D eigenvalue weighted by Gasteiger charge is 2.33. The average molecular weight is 381 g/mol. The van der Waals surface area contributed by atoms with Crippen LogP contribution in [0.1, 0.15) is 17.0 Å². The molecule has 1 aliphatic heterocycles. The quantitative estimate of drug-likeness (QED) is 0.872. The van der Waals surface area contributed by atoms with Crippen LogP contribution in [-0.2, 0) is 11.2 Å². The van der Waals surface area contributed by atoms with Crippen molar-refractivity contribution in [2.45, 2.75) is 18.4 Å². The summed E-state index contributed by atoms with van der Waals surface area (Å²) in [5, 5.41) is 4.38. The minimum Gasteiger partial charge on any atom is -0.341 e. The second kappa shape index (κ2) is 7.73. The lowest BCUT2D eigenvalue weighted by atomic mass is 9.93. The number of likely N-dealkylation sites (N-methyl/N-ethyl adjacent to an activating group) is 1. The molecular formula is C19H19Cl2FN2O. The third-order valence-electron chi connectivity index (χ3n) is 4.71. The van der Waals surface area contributed by atoms with Crippen molar-refractivity contribution >= 4 is 29.1 Å². The molecule has 1 aliphatic rings. The van der Waals surface area contributed by atoms with E-state index in [0.717, 1.165) is 24.2 Å². The Morgan fingerprint density at radius 1 is 1.16 bits per heavy atom. The fourth-order valence-electron chi connectivity index (χ4n) is 3.24. The maximum atomic E-state index is 13.0. The van der Waals surface area contributed by atoms with E-state index in [4.69, 9.17) is 23.2 Å². The topological polar surface area (TPSA) is 32.3 Å². The van der Waals surface area contributed by atoms with Gasteiger partial charge in [-0.2, -0.15) is 0 Å². The van der Waals surface area contributed by atoms with E-state index in [0.29, 0.717) is 10.0 Å². The predicted molar refractivity (Wildman–Crippen MR) is 98.7 cm³/mol. The molecule has 1 amide bonds. The van der Waals surface area contributed by atoms with E-state index in [1.54, 1.807) is 23.1 Å². The van der Waals surface area contributed by atoms with Crippen LogP contribution in [0.2, 0.25) is 10.0 Å². The zero-order valence-electron chi connectivity index (χ0n) is 13.8. The monoisotopic (exact) mass is 380 g/mol. The van der Waals surface area contributed by atoms with Crippen LogP contribution in [0.25, 0.3) is 0 Å². The average Bonchev–Trinajstić information content (AvgIpc) is 3.08. The predicted octanol–water partition coefficient (Wildman–Crippen LogP) is 3.89. The highest BCUT2D eigenvalue weighted by Crippen LogP contribution is 2.31. The fraction of sp³-hybridized carbons (Fsp3) is 0.316. The Kier molecular flexibility index (Phi) is 5.62. The molecule has 132 valence electrons. The Balaban J connectivity index is 1.73. The summed E-state index contributed by atoms with van der Waals surface area (Å²) >= 11 is 12.1. The Morgan fingerprint density at radius 2 is 1.88 bits per heavy atom. The van der Waals surface area contributed by atoms with E-state index >= 15 is 0 Å². The second-order valence-electron chi connectivity index (χ2n) is 6.31. The molecule has 0 saturated carbocycles. The van der Waals surface area contributed by atoms with E-state index in [1.807, 2.05) is 19.2 Å². The van der Waals surface area contributed by atoms with Gasteiger partial charge in [0.05, 0.1) is 22.5 Å². The van der Waals surface area contributed by atoms with Gasteiger partial charge in [0.15, 0.2) is 0 Å². The van der Waals surface area contributed by atoms with Crippen LogP contribution in [0.3, 0.4) is 0 Å². The first-order valence-corrected chi connectivity index (χ1v) is 8.87. The van der Waals surface area contributed by atoms with E-state index in [2.05, 4.69) is 5.32 Å². The van der Waals surface area contributed by atoms with E-state index in [1.165, 1.54) is 12.1 Å². The summed E-state index contributed by atoms with van der Waals surface area (Å²) in [6.07, 6.45) is 0.251. The Labute approximate surface area is 156 Å². The molecule has 0 aromatic heterocycles. The van der Waals surface area contributed by atoms with Crippen LogP contribution < -0.4 is 5.32 Å². The maximum absolute atomic E-state index is 13.0. The minimum atomic E-state index is -0.302. The lowest BCUT2D eigenvalue weighted by molar-refractivity contribution is -0.131. The first-order valence-electron chi connectivity index (χ1n) is 8.11. The molecule has 2 unspecified atom stereocenters. The van der Waals surface area contributed by atoms with Gasteiger partial charge in [-0.05, 0) is 35.4 Å². The normalized spacial score (nSPS) is 19.8. The first-order chi connectivity index (χ1) is 12.0. The van der Waals surface area contributed by atoms with Gasteiger partial charge in [-0.3, -0.25) is 4.79 Å². The van der Waals surface area contributed by atoms with Gasteiger partial charge >= 0.3 is 0 Å². The molecule has 0 spiro atoms. The Hall–Kier alpha value is -1.62. The van der Waals surface area contributed by atoms with Crippen LogP contribution in [-0.4, -0.2) is 37.0 Å². The second-order valence-corrected chi connectivity index (χ2v) is 7.13. The molecule has 2 aromatic rings. The fourth-order valence-corrected chi connectivity index (χ4v) is 3.55. The number of halogens is 3. The summed E-state index contributed by atoms with van der Waals surface area (Å²) in [5.74, 6) is -0.147. The van der Waals surface area contributed by atoms with Gasteiger partial charge in [-0.1, -0.05) is 41.4 Å². The lowest BCUT2D eigenvalue weighted by Gasteiger charge is -2.29. The van der Waals surface area contributed by atoms with Crippen LogP contribution in [0.15, 0.2) is 42.5 Å². The molecular weight excluding hydrogens is 362 g/mol. The Morgan fingerprint density at radius 3 is 2.56 bits per heavy atom. The number of nitrogens with one attached hydrogen (secondary N) is 1. The van der Waals surface area contributed by atoms with E-state index in [-0.39, 0.29) is 30.1 Å². The molecule has 25 heavy (non-hydrogen) atoms. The number of carbonyl (C=O) groups is 1. The zero-order chi connectivity index (χ0) is 18.0. The summed E-state index contributed by atoms with van der Waals surface area (Å²) in [6.45, 7) is 1.49. The number of hydrogen-bond acceptors (Lipinski definition) is 2. The Bertz CT molecular complexity index is 767. The SMILES string of the molecule is CN(C(=O)Cc1ccc(F)cc1)C1CNCC1c1ccc(Cl)c(Cl)c1. The number of rotatable bonds is 4. The highest BCUT2D eigenvalue weighted by atomic mass is 35.5. The molecule has 0 aliphatic carbocycles.